The average Bonchev–Trinajstić information content (AvgIpc) is 3.10. The third-order valence-corrected chi connectivity index (χ3v) is 8.94. The van der Waals surface area contributed by atoms with Crippen molar-refractivity contribution in [1.82, 2.24) is 0 Å². The lowest BCUT2D eigenvalue weighted by molar-refractivity contribution is -0.150. The van der Waals surface area contributed by atoms with Gasteiger partial charge in [-0.3, -0.25) is 9.59 Å². The number of allylic oxidation sites excluding steroid dienone is 12. The molecular formula is C46H78O4. The molecule has 0 saturated heterocycles. The molecule has 4 nitrogen and oxygen atoms in total. The van der Waals surface area contributed by atoms with E-state index in [1.165, 1.54) is 77.0 Å². The monoisotopic (exact) mass is 695 g/mol. The molecule has 0 aromatic heterocycles. The van der Waals surface area contributed by atoms with E-state index in [2.05, 4.69) is 86.8 Å². The first-order valence-corrected chi connectivity index (χ1v) is 20.9. The van der Waals surface area contributed by atoms with Gasteiger partial charge in [0.2, 0.25) is 0 Å². The largest absolute Gasteiger partial charge is 0.481 e. The molecule has 1 atom stereocenters. The summed E-state index contributed by atoms with van der Waals surface area (Å²) in [4.78, 5) is 23.5. The van der Waals surface area contributed by atoms with Crippen molar-refractivity contribution in [3.8, 4) is 0 Å². The molecule has 1 unspecified atom stereocenters. The van der Waals surface area contributed by atoms with Gasteiger partial charge in [0.1, 0.15) is 6.10 Å². The van der Waals surface area contributed by atoms with Crippen LogP contribution in [0.25, 0.3) is 0 Å². The maximum Gasteiger partial charge on any atom is 0.306 e. The van der Waals surface area contributed by atoms with E-state index in [0.717, 1.165) is 89.9 Å². The zero-order valence-corrected chi connectivity index (χ0v) is 32.7. The summed E-state index contributed by atoms with van der Waals surface area (Å²) < 4.78 is 5.93. The van der Waals surface area contributed by atoms with Crippen LogP contribution in [0.4, 0.5) is 0 Å². The summed E-state index contributed by atoms with van der Waals surface area (Å²) >= 11 is 0. The Morgan fingerprint density at radius 3 is 1.28 bits per heavy atom. The van der Waals surface area contributed by atoms with Crippen LogP contribution in [0.5, 0.6) is 0 Å². The van der Waals surface area contributed by atoms with E-state index >= 15 is 0 Å². The fraction of sp³-hybridized carbons (Fsp3) is 0.696. The van der Waals surface area contributed by atoms with E-state index < -0.39 is 5.97 Å². The lowest BCUT2D eigenvalue weighted by Gasteiger charge is -2.18. The fourth-order valence-electron chi connectivity index (χ4n) is 5.89. The van der Waals surface area contributed by atoms with Gasteiger partial charge in [0.15, 0.2) is 0 Å². The maximum atomic E-state index is 12.6. The zero-order chi connectivity index (χ0) is 36.4. The van der Waals surface area contributed by atoms with Crippen molar-refractivity contribution in [1.29, 1.82) is 0 Å². The van der Waals surface area contributed by atoms with Gasteiger partial charge in [0, 0.05) is 12.8 Å². The average molecular weight is 695 g/mol. The number of ether oxygens (including phenoxy) is 1. The molecule has 0 aliphatic heterocycles. The highest BCUT2D eigenvalue weighted by Crippen LogP contribution is 2.18. The number of hydrogen-bond donors (Lipinski definition) is 1. The van der Waals surface area contributed by atoms with Gasteiger partial charge in [-0.1, -0.05) is 170 Å². The maximum absolute atomic E-state index is 12.6. The molecule has 0 aliphatic rings. The SMILES string of the molecule is CC/C=C\C/C=C\C/C=C\C/C=C\C/C=C\C/C=C\CCCCC(=O)OC(CCCCCCCCCCCCCCC)CCCCCC(=O)O. The summed E-state index contributed by atoms with van der Waals surface area (Å²) in [6.45, 7) is 4.43. The number of esters is 1. The van der Waals surface area contributed by atoms with Crippen LogP contribution in [-0.2, 0) is 14.3 Å². The summed E-state index contributed by atoms with van der Waals surface area (Å²) in [6, 6.07) is 0. The standard InChI is InChI=1S/C46H78O4/c1-3-5-7-9-11-13-15-17-18-19-20-21-22-23-24-26-28-30-32-34-39-43-46(49)50-44(41-37-35-38-42-45(47)48)40-36-33-31-29-27-25-16-14-12-10-8-6-4-2/h5,7,11,13,17-18,20-21,23-24,28,30,44H,3-4,6,8-10,12,14-16,19,22,25-27,29,31-43H2,1-2H3,(H,47,48)/b7-5-,13-11-,18-17-,21-20-,24-23-,30-28-. The summed E-state index contributed by atoms with van der Waals surface area (Å²) in [5.41, 5.74) is 0. The highest BCUT2D eigenvalue weighted by atomic mass is 16.5. The Kier molecular flexibility index (Phi) is 38.7. The van der Waals surface area contributed by atoms with Gasteiger partial charge in [-0.15, -0.1) is 0 Å². The summed E-state index contributed by atoms with van der Waals surface area (Å²) in [6.07, 6.45) is 57.7. The Bertz CT molecular complexity index is 922. The minimum Gasteiger partial charge on any atom is -0.481 e. The van der Waals surface area contributed by atoms with Crippen LogP contribution in [0.2, 0.25) is 0 Å². The summed E-state index contributed by atoms with van der Waals surface area (Å²) in [7, 11) is 0. The molecule has 0 rings (SSSR count). The van der Waals surface area contributed by atoms with E-state index in [1.807, 2.05) is 0 Å². The van der Waals surface area contributed by atoms with Gasteiger partial charge in [0.05, 0.1) is 0 Å². The molecule has 0 aromatic carbocycles. The second-order valence-corrected chi connectivity index (χ2v) is 13.8. The van der Waals surface area contributed by atoms with Crippen LogP contribution in [0.1, 0.15) is 200 Å². The topological polar surface area (TPSA) is 63.6 Å². The Hall–Kier alpha value is -2.62. The number of rotatable bonds is 37. The Balaban J connectivity index is 4.04. The number of aliphatic carboxylic acids is 1. The van der Waals surface area contributed by atoms with Gasteiger partial charge < -0.3 is 9.84 Å². The van der Waals surface area contributed by atoms with Crippen LogP contribution < -0.4 is 0 Å². The van der Waals surface area contributed by atoms with Crippen LogP contribution in [0.3, 0.4) is 0 Å². The number of carboxylic acids is 1. The van der Waals surface area contributed by atoms with Crippen molar-refractivity contribution in [2.24, 2.45) is 0 Å². The molecule has 1 N–H and O–H groups in total. The van der Waals surface area contributed by atoms with Crippen molar-refractivity contribution >= 4 is 11.9 Å². The third-order valence-electron chi connectivity index (χ3n) is 8.94. The number of carbonyl (C=O) groups is 2. The van der Waals surface area contributed by atoms with Crippen molar-refractivity contribution in [3.05, 3.63) is 72.9 Å². The molecule has 0 amide bonds. The Labute approximate surface area is 309 Å². The van der Waals surface area contributed by atoms with Gasteiger partial charge in [-0.25, -0.2) is 0 Å². The van der Waals surface area contributed by atoms with E-state index in [-0.39, 0.29) is 18.5 Å². The van der Waals surface area contributed by atoms with Crippen LogP contribution in [0, 0.1) is 0 Å². The van der Waals surface area contributed by atoms with Crippen LogP contribution in [-0.4, -0.2) is 23.1 Å². The number of hydrogen-bond acceptors (Lipinski definition) is 3. The minimum absolute atomic E-state index is 0.0246. The molecule has 0 radical (unpaired) electrons. The van der Waals surface area contributed by atoms with E-state index in [9.17, 15) is 9.59 Å². The molecule has 0 saturated carbocycles. The number of unbranched alkanes of at least 4 members (excludes halogenated alkanes) is 16. The van der Waals surface area contributed by atoms with Crippen LogP contribution >= 0.6 is 0 Å². The second kappa shape index (κ2) is 40.8. The van der Waals surface area contributed by atoms with Crippen molar-refractivity contribution in [3.63, 3.8) is 0 Å². The fourth-order valence-corrected chi connectivity index (χ4v) is 5.89. The molecule has 0 spiro atoms. The first-order valence-electron chi connectivity index (χ1n) is 20.9. The van der Waals surface area contributed by atoms with Gasteiger partial charge >= 0.3 is 11.9 Å². The molecule has 50 heavy (non-hydrogen) atoms. The molecule has 0 aliphatic carbocycles. The zero-order valence-electron chi connectivity index (χ0n) is 32.7. The predicted octanol–water partition coefficient (Wildman–Crippen LogP) is 14.7. The first-order chi connectivity index (χ1) is 24.6. The molecule has 286 valence electrons. The van der Waals surface area contributed by atoms with Crippen molar-refractivity contribution in [2.45, 2.75) is 206 Å². The Morgan fingerprint density at radius 1 is 0.460 bits per heavy atom. The highest BCUT2D eigenvalue weighted by Gasteiger charge is 2.14. The molecule has 0 bridgehead atoms. The smallest absolute Gasteiger partial charge is 0.306 e. The predicted molar refractivity (Wildman–Crippen MR) is 218 cm³/mol. The molecule has 0 aromatic rings. The summed E-state index contributed by atoms with van der Waals surface area (Å²) in [5.74, 6) is -0.804. The lowest BCUT2D eigenvalue weighted by Crippen LogP contribution is -2.18. The minimum atomic E-state index is -0.732. The molecule has 0 heterocycles. The van der Waals surface area contributed by atoms with E-state index in [1.54, 1.807) is 0 Å². The van der Waals surface area contributed by atoms with E-state index in [4.69, 9.17) is 9.84 Å². The molecule has 0 fully saturated rings. The van der Waals surface area contributed by atoms with Crippen LogP contribution in [0.15, 0.2) is 72.9 Å². The van der Waals surface area contributed by atoms with Gasteiger partial charge in [0.25, 0.3) is 0 Å². The Morgan fingerprint density at radius 2 is 0.840 bits per heavy atom. The quantitative estimate of drug-likeness (QED) is 0.0399. The first kappa shape index (κ1) is 47.4. The number of carbonyl (C=O) groups excluding carboxylic acids is 1. The molecule has 4 heteroatoms. The highest BCUT2D eigenvalue weighted by molar-refractivity contribution is 5.69. The van der Waals surface area contributed by atoms with Gasteiger partial charge in [-0.05, 0) is 89.9 Å². The summed E-state index contributed by atoms with van der Waals surface area (Å²) in [5, 5.41) is 8.91. The number of carboxylic acid groups (broad SMARTS) is 1. The van der Waals surface area contributed by atoms with Gasteiger partial charge in [-0.2, -0.15) is 0 Å². The third kappa shape index (κ3) is 39.8. The normalized spacial score (nSPS) is 13.0. The van der Waals surface area contributed by atoms with E-state index in [0.29, 0.717) is 12.8 Å². The molecular weight excluding hydrogens is 617 g/mol. The second-order valence-electron chi connectivity index (χ2n) is 13.8. The van der Waals surface area contributed by atoms with Crippen molar-refractivity contribution in [2.75, 3.05) is 0 Å². The lowest BCUT2D eigenvalue weighted by atomic mass is 10.0. The van der Waals surface area contributed by atoms with Crippen molar-refractivity contribution < 1.29 is 19.4 Å².